The maximum Gasteiger partial charge on any atom is 0.0637 e. The Morgan fingerprint density at radius 2 is 1.87 bits per heavy atom. The molecule has 4 heteroatoms. The quantitative estimate of drug-likeness (QED) is 0.727. The van der Waals surface area contributed by atoms with Gasteiger partial charge in [-0.15, -0.1) is 0 Å². The topological polar surface area (TPSA) is 38.3 Å². The van der Waals surface area contributed by atoms with Crippen molar-refractivity contribution in [2.24, 2.45) is 0 Å². The summed E-state index contributed by atoms with van der Waals surface area (Å²) in [5.41, 5.74) is -0.0997. The third kappa shape index (κ3) is 7.94. The number of nitrogens with one attached hydrogen (secondary N) is 1. The fourth-order valence-electron chi connectivity index (χ4n) is 1.77. The van der Waals surface area contributed by atoms with E-state index in [1.54, 1.807) is 13.4 Å². The van der Waals surface area contributed by atoms with Gasteiger partial charge in [0, 0.05) is 42.0 Å². The van der Waals surface area contributed by atoms with Gasteiger partial charge in [-0.1, -0.05) is 0 Å². The summed E-state index contributed by atoms with van der Waals surface area (Å²) in [6.07, 6.45) is 2.69. The lowest BCUT2D eigenvalue weighted by Crippen LogP contribution is -2.42. The Morgan fingerprint density at radius 1 is 1.33 bits per heavy atom. The predicted molar refractivity (Wildman–Crippen MR) is 66.7 cm³/mol. The third-order valence-corrected chi connectivity index (χ3v) is 3.37. The standard InChI is InChI=1S/C11H25NO2S/c1-9(7-11(3,4)14-5)12-10(2)8-15(6)13/h9-10,12H,7-8H2,1-6H3. The van der Waals surface area contributed by atoms with Crippen LogP contribution in [-0.2, 0) is 15.5 Å². The molecule has 3 unspecified atom stereocenters. The second kappa shape index (κ2) is 6.61. The second-order valence-corrected chi connectivity index (χ2v) is 6.36. The van der Waals surface area contributed by atoms with E-state index in [0.29, 0.717) is 17.8 Å². The van der Waals surface area contributed by atoms with Crippen molar-refractivity contribution in [3.63, 3.8) is 0 Å². The van der Waals surface area contributed by atoms with E-state index in [-0.39, 0.29) is 5.60 Å². The summed E-state index contributed by atoms with van der Waals surface area (Å²) >= 11 is 0. The van der Waals surface area contributed by atoms with Gasteiger partial charge in [-0.05, 0) is 34.1 Å². The van der Waals surface area contributed by atoms with Crippen LogP contribution in [0.3, 0.4) is 0 Å². The maximum atomic E-state index is 11.0. The highest BCUT2D eigenvalue weighted by Gasteiger charge is 2.21. The first kappa shape index (κ1) is 15.1. The first-order valence-corrected chi connectivity index (χ1v) is 7.11. The van der Waals surface area contributed by atoms with Crippen molar-refractivity contribution in [2.45, 2.75) is 51.8 Å². The summed E-state index contributed by atoms with van der Waals surface area (Å²) < 4.78 is 16.4. The molecule has 92 valence electrons. The molecule has 0 aromatic rings. The highest BCUT2D eigenvalue weighted by molar-refractivity contribution is 7.84. The average Bonchev–Trinajstić information content (AvgIpc) is 2.00. The first-order valence-electron chi connectivity index (χ1n) is 5.38. The van der Waals surface area contributed by atoms with Crippen LogP contribution < -0.4 is 5.32 Å². The SMILES string of the molecule is COC(C)(C)CC(C)NC(C)CS(C)=O. The van der Waals surface area contributed by atoms with E-state index in [9.17, 15) is 4.21 Å². The first-order chi connectivity index (χ1) is 6.76. The Kier molecular flexibility index (Phi) is 6.64. The van der Waals surface area contributed by atoms with Crippen molar-refractivity contribution in [1.29, 1.82) is 0 Å². The van der Waals surface area contributed by atoms with E-state index in [1.807, 2.05) is 0 Å². The van der Waals surface area contributed by atoms with Gasteiger partial charge in [-0.3, -0.25) is 4.21 Å². The Labute approximate surface area is 96.4 Å². The van der Waals surface area contributed by atoms with E-state index < -0.39 is 10.8 Å². The molecule has 3 nitrogen and oxygen atoms in total. The minimum Gasteiger partial charge on any atom is -0.379 e. The lowest BCUT2D eigenvalue weighted by atomic mass is 9.99. The van der Waals surface area contributed by atoms with Crippen molar-refractivity contribution in [1.82, 2.24) is 5.32 Å². The summed E-state index contributed by atoms with van der Waals surface area (Å²) in [4.78, 5) is 0. The summed E-state index contributed by atoms with van der Waals surface area (Å²) in [7, 11) is 1.00. The van der Waals surface area contributed by atoms with E-state index in [4.69, 9.17) is 4.74 Å². The Bertz CT molecular complexity index is 207. The fourth-order valence-corrected chi connectivity index (χ4v) is 2.57. The van der Waals surface area contributed by atoms with Gasteiger partial charge in [0.25, 0.3) is 0 Å². The van der Waals surface area contributed by atoms with Gasteiger partial charge in [0.2, 0.25) is 0 Å². The van der Waals surface area contributed by atoms with Crippen molar-refractivity contribution < 1.29 is 8.95 Å². The molecule has 0 fully saturated rings. The van der Waals surface area contributed by atoms with E-state index in [0.717, 1.165) is 6.42 Å². The predicted octanol–water partition coefficient (Wildman–Crippen LogP) is 1.55. The van der Waals surface area contributed by atoms with Gasteiger partial charge in [0.1, 0.15) is 0 Å². The van der Waals surface area contributed by atoms with Crippen LogP contribution >= 0.6 is 0 Å². The fraction of sp³-hybridized carbons (Fsp3) is 1.00. The molecule has 0 saturated heterocycles. The largest absolute Gasteiger partial charge is 0.379 e. The Balaban J connectivity index is 3.92. The zero-order valence-corrected chi connectivity index (χ0v) is 11.6. The molecule has 3 atom stereocenters. The molecule has 0 bridgehead atoms. The van der Waals surface area contributed by atoms with Crippen LogP contribution in [-0.4, -0.2) is 41.0 Å². The van der Waals surface area contributed by atoms with Gasteiger partial charge >= 0.3 is 0 Å². The summed E-state index contributed by atoms with van der Waals surface area (Å²) in [5.74, 6) is 0.706. The molecular weight excluding hydrogens is 210 g/mol. The van der Waals surface area contributed by atoms with Crippen LogP contribution in [0.4, 0.5) is 0 Å². The second-order valence-electron chi connectivity index (χ2n) is 4.88. The maximum absolute atomic E-state index is 11.0. The van der Waals surface area contributed by atoms with Crippen LogP contribution in [0.5, 0.6) is 0 Å². The molecule has 0 aliphatic carbocycles. The van der Waals surface area contributed by atoms with Crippen molar-refractivity contribution >= 4 is 10.8 Å². The molecule has 0 heterocycles. The zero-order chi connectivity index (χ0) is 12.1. The summed E-state index contributed by atoms with van der Waals surface area (Å²) in [6.45, 7) is 8.36. The lowest BCUT2D eigenvalue weighted by Gasteiger charge is -2.28. The van der Waals surface area contributed by atoms with Crippen LogP contribution in [0.2, 0.25) is 0 Å². The molecule has 0 amide bonds. The van der Waals surface area contributed by atoms with Crippen molar-refractivity contribution in [2.75, 3.05) is 19.1 Å². The highest BCUT2D eigenvalue weighted by Crippen LogP contribution is 2.15. The van der Waals surface area contributed by atoms with Gasteiger partial charge < -0.3 is 10.1 Å². The van der Waals surface area contributed by atoms with Gasteiger partial charge in [-0.25, -0.2) is 0 Å². The van der Waals surface area contributed by atoms with E-state index in [1.165, 1.54) is 0 Å². The molecule has 0 aliphatic rings. The molecule has 0 aromatic heterocycles. The minimum absolute atomic E-state index is 0.0997. The summed E-state index contributed by atoms with van der Waals surface area (Å²) in [6, 6.07) is 0.664. The molecule has 0 saturated carbocycles. The van der Waals surface area contributed by atoms with E-state index in [2.05, 4.69) is 33.0 Å². The molecule has 0 radical (unpaired) electrons. The molecule has 15 heavy (non-hydrogen) atoms. The minimum atomic E-state index is -0.731. The van der Waals surface area contributed by atoms with Gasteiger partial charge in [0.15, 0.2) is 0 Å². The number of hydrogen-bond donors (Lipinski definition) is 1. The molecule has 0 aliphatic heterocycles. The molecule has 1 N–H and O–H groups in total. The normalized spacial score (nSPS) is 18.5. The molecule has 0 spiro atoms. The van der Waals surface area contributed by atoms with Crippen LogP contribution in [0.25, 0.3) is 0 Å². The number of rotatable bonds is 7. The number of ether oxygens (including phenoxy) is 1. The third-order valence-electron chi connectivity index (χ3n) is 2.40. The molecule has 0 aromatic carbocycles. The van der Waals surface area contributed by atoms with Crippen LogP contribution in [0, 0.1) is 0 Å². The zero-order valence-electron chi connectivity index (χ0n) is 10.8. The van der Waals surface area contributed by atoms with Crippen LogP contribution in [0.15, 0.2) is 0 Å². The van der Waals surface area contributed by atoms with Gasteiger partial charge in [-0.2, -0.15) is 0 Å². The monoisotopic (exact) mass is 235 g/mol. The van der Waals surface area contributed by atoms with E-state index >= 15 is 0 Å². The molecule has 0 rings (SSSR count). The molecular formula is C11H25NO2S. The van der Waals surface area contributed by atoms with Crippen molar-refractivity contribution in [3.8, 4) is 0 Å². The van der Waals surface area contributed by atoms with Crippen LogP contribution in [0.1, 0.15) is 34.1 Å². The smallest absolute Gasteiger partial charge is 0.0637 e. The van der Waals surface area contributed by atoms with Gasteiger partial charge in [0.05, 0.1) is 5.60 Å². The number of methoxy groups -OCH3 is 1. The summed E-state index contributed by atoms with van der Waals surface area (Å²) in [5, 5.41) is 3.43. The number of hydrogen-bond acceptors (Lipinski definition) is 3. The lowest BCUT2D eigenvalue weighted by molar-refractivity contribution is 0.00805. The Hall–Kier alpha value is 0.0700. The van der Waals surface area contributed by atoms with Crippen molar-refractivity contribution in [3.05, 3.63) is 0 Å². The highest BCUT2D eigenvalue weighted by atomic mass is 32.2. The Morgan fingerprint density at radius 3 is 2.27 bits per heavy atom. The average molecular weight is 235 g/mol.